The Morgan fingerprint density at radius 3 is 2.71 bits per heavy atom. The molecule has 3 aromatic rings. The van der Waals surface area contributed by atoms with Crippen molar-refractivity contribution >= 4 is 49.0 Å². The zero-order valence-electron chi connectivity index (χ0n) is 16.5. The van der Waals surface area contributed by atoms with Crippen LogP contribution in [0.3, 0.4) is 0 Å². The number of carbonyl (C=O) groups is 1. The molecule has 1 aliphatic carbocycles. The van der Waals surface area contributed by atoms with Crippen molar-refractivity contribution < 1.29 is 4.79 Å². The van der Waals surface area contributed by atoms with Gasteiger partial charge in [0.2, 0.25) is 5.78 Å². The predicted octanol–water partition coefficient (Wildman–Crippen LogP) is 6.41. The molecule has 0 fully saturated rings. The lowest BCUT2D eigenvalue weighted by molar-refractivity contribution is 0.104. The summed E-state index contributed by atoms with van der Waals surface area (Å²) in [7, 11) is 0. The van der Waals surface area contributed by atoms with Crippen LogP contribution < -0.4 is 5.73 Å². The van der Waals surface area contributed by atoms with Crippen LogP contribution >= 0.6 is 27.3 Å². The Labute approximate surface area is 178 Å². The summed E-state index contributed by atoms with van der Waals surface area (Å²) in [6, 6.07) is 9.60. The lowest BCUT2D eigenvalue weighted by Crippen LogP contribution is -2.29. The third kappa shape index (κ3) is 3.39. The van der Waals surface area contributed by atoms with E-state index in [1.165, 1.54) is 35.4 Å². The number of rotatable bonds is 4. The number of aryl methyl sites for hydroxylation is 1. The summed E-state index contributed by atoms with van der Waals surface area (Å²) in [6.07, 6.45) is 4.41. The Morgan fingerprint density at radius 2 is 2.04 bits per heavy atom. The number of pyridine rings is 1. The number of nitrogens with two attached hydrogens (primary N) is 1. The van der Waals surface area contributed by atoms with Crippen LogP contribution in [0.2, 0.25) is 0 Å². The van der Waals surface area contributed by atoms with E-state index in [9.17, 15) is 4.79 Å². The minimum absolute atomic E-state index is 0.0315. The maximum Gasteiger partial charge on any atom is 0.205 e. The zero-order valence-corrected chi connectivity index (χ0v) is 18.9. The molecule has 28 heavy (non-hydrogen) atoms. The Kier molecular flexibility index (Phi) is 5.09. The number of aromatic nitrogens is 1. The van der Waals surface area contributed by atoms with Gasteiger partial charge >= 0.3 is 0 Å². The summed E-state index contributed by atoms with van der Waals surface area (Å²) >= 11 is 4.83. The van der Waals surface area contributed by atoms with E-state index in [2.05, 4.69) is 42.8 Å². The van der Waals surface area contributed by atoms with Gasteiger partial charge in [-0.25, -0.2) is 4.98 Å². The number of hydrogen-bond donors (Lipinski definition) is 1. The summed E-state index contributed by atoms with van der Waals surface area (Å²) in [5.41, 5.74) is 10.5. The largest absolute Gasteiger partial charge is 0.397 e. The van der Waals surface area contributed by atoms with Gasteiger partial charge in [0.1, 0.15) is 9.71 Å². The molecule has 2 aromatic heterocycles. The van der Waals surface area contributed by atoms with Gasteiger partial charge in [0.05, 0.1) is 5.69 Å². The number of thiophene rings is 1. The smallest absolute Gasteiger partial charge is 0.205 e. The standard InChI is InChI=1S/C23H25BrN2OS/c1-4-23(2,3)15-7-10-18-14(11-15)12-17-19(25)21(28-22(17)26-18)20(27)13-5-8-16(24)9-6-13/h5-6,8-9,12,15H,4,7,10-11,25H2,1-3H3. The highest BCUT2D eigenvalue weighted by molar-refractivity contribution is 9.10. The molecule has 1 aliphatic rings. The first-order chi connectivity index (χ1) is 13.3. The van der Waals surface area contributed by atoms with Gasteiger partial charge in [-0.05, 0) is 66.5 Å². The van der Waals surface area contributed by atoms with Crippen LogP contribution in [0, 0.1) is 11.3 Å². The molecule has 0 bridgehead atoms. The molecule has 0 aliphatic heterocycles. The molecule has 1 atom stereocenters. The van der Waals surface area contributed by atoms with Crippen LogP contribution in [0.5, 0.6) is 0 Å². The van der Waals surface area contributed by atoms with Gasteiger partial charge in [0.25, 0.3) is 0 Å². The highest BCUT2D eigenvalue weighted by Crippen LogP contribution is 2.42. The maximum absolute atomic E-state index is 13.0. The van der Waals surface area contributed by atoms with Crippen LogP contribution in [0.25, 0.3) is 10.2 Å². The molecule has 1 unspecified atom stereocenters. The number of benzene rings is 1. The first-order valence-corrected chi connectivity index (χ1v) is 11.4. The number of nitrogen functional groups attached to an aromatic ring is 1. The van der Waals surface area contributed by atoms with E-state index in [0.717, 1.165) is 27.5 Å². The average molecular weight is 457 g/mol. The van der Waals surface area contributed by atoms with Crippen LogP contribution in [0.15, 0.2) is 34.8 Å². The number of carbonyl (C=O) groups excluding carboxylic acids is 1. The Bertz CT molecular complexity index is 1050. The molecule has 0 saturated carbocycles. The third-order valence-corrected chi connectivity index (χ3v) is 8.06. The lowest BCUT2D eigenvalue weighted by Gasteiger charge is -2.36. The molecule has 2 N–H and O–H groups in total. The fraction of sp³-hybridized carbons (Fsp3) is 0.391. The molecular weight excluding hydrogens is 432 g/mol. The van der Waals surface area contributed by atoms with Crippen LogP contribution in [-0.4, -0.2) is 10.8 Å². The van der Waals surface area contributed by atoms with Crippen molar-refractivity contribution in [1.82, 2.24) is 4.98 Å². The number of halogens is 1. The first kappa shape index (κ1) is 19.6. The quantitative estimate of drug-likeness (QED) is 0.461. The molecule has 3 nitrogen and oxygen atoms in total. The van der Waals surface area contributed by atoms with Gasteiger partial charge in [0.15, 0.2) is 0 Å². The average Bonchev–Trinajstić information content (AvgIpc) is 3.01. The van der Waals surface area contributed by atoms with Gasteiger partial charge in [0, 0.05) is 21.1 Å². The van der Waals surface area contributed by atoms with Crippen molar-refractivity contribution in [1.29, 1.82) is 0 Å². The highest BCUT2D eigenvalue weighted by Gasteiger charge is 2.32. The second-order valence-corrected chi connectivity index (χ2v) is 10.3. The molecule has 0 radical (unpaired) electrons. The van der Waals surface area contributed by atoms with E-state index < -0.39 is 0 Å². The van der Waals surface area contributed by atoms with Crippen LogP contribution in [-0.2, 0) is 12.8 Å². The van der Waals surface area contributed by atoms with Gasteiger partial charge in [-0.2, -0.15) is 0 Å². The minimum atomic E-state index is -0.0315. The second-order valence-electron chi connectivity index (χ2n) is 8.41. The van der Waals surface area contributed by atoms with Gasteiger partial charge in [-0.3, -0.25) is 4.79 Å². The van der Waals surface area contributed by atoms with Gasteiger partial charge in [-0.1, -0.05) is 43.1 Å². The van der Waals surface area contributed by atoms with Crippen molar-refractivity contribution in [2.45, 2.75) is 46.5 Å². The summed E-state index contributed by atoms with van der Waals surface area (Å²) in [5.74, 6) is 0.629. The molecular formula is C23H25BrN2OS. The van der Waals surface area contributed by atoms with Crippen LogP contribution in [0.4, 0.5) is 5.69 Å². The molecule has 4 rings (SSSR count). The number of nitrogens with zero attached hydrogens (tertiary/aromatic N) is 1. The summed E-state index contributed by atoms with van der Waals surface area (Å²) in [6.45, 7) is 7.00. The Morgan fingerprint density at radius 1 is 1.32 bits per heavy atom. The maximum atomic E-state index is 13.0. The molecule has 146 valence electrons. The highest BCUT2D eigenvalue weighted by atomic mass is 79.9. The van der Waals surface area contributed by atoms with Crippen LogP contribution in [0.1, 0.15) is 60.1 Å². The minimum Gasteiger partial charge on any atom is -0.397 e. The van der Waals surface area contributed by atoms with Crippen molar-refractivity contribution in [3.05, 3.63) is 56.5 Å². The first-order valence-electron chi connectivity index (χ1n) is 9.81. The van der Waals surface area contributed by atoms with Crippen molar-refractivity contribution in [3.8, 4) is 0 Å². The van der Waals surface area contributed by atoms with E-state index in [-0.39, 0.29) is 5.78 Å². The molecule has 5 heteroatoms. The van der Waals surface area contributed by atoms with Crippen molar-refractivity contribution in [3.63, 3.8) is 0 Å². The zero-order chi connectivity index (χ0) is 20.1. The molecule has 1 aromatic carbocycles. The van der Waals surface area contributed by atoms with Crippen molar-refractivity contribution in [2.75, 3.05) is 5.73 Å². The number of ketones is 1. The van der Waals surface area contributed by atoms with Gasteiger partial charge < -0.3 is 5.73 Å². The predicted molar refractivity (Wildman–Crippen MR) is 121 cm³/mol. The summed E-state index contributed by atoms with van der Waals surface area (Å²) in [5, 5.41) is 0.930. The van der Waals surface area contributed by atoms with Crippen molar-refractivity contribution in [2.24, 2.45) is 11.3 Å². The number of anilines is 1. The summed E-state index contributed by atoms with van der Waals surface area (Å²) in [4.78, 5) is 19.4. The molecule has 0 amide bonds. The fourth-order valence-corrected chi connectivity index (χ4v) is 5.37. The van der Waals surface area contributed by atoms with E-state index in [0.29, 0.717) is 27.5 Å². The van der Waals surface area contributed by atoms with E-state index in [1.807, 2.05) is 24.3 Å². The monoisotopic (exact) mass is 456 g/mol. The molecule has 0 spiro atoms. The van der Waals surface area contributed by atoms with E-state index >= 15 is 0 Å². The Hall–Kier alpha value is -1.72. The molecule has 0 saturated heterocycles. The third-order valence-electron chi connectivity index (χ3n) is 6.41. The number of fused-ring (bicyclic) bond motifs is 2. The number of hydrogen-bond acceptors (Lipinski definition) is 4. The lowest BCUT2D eigenvalue weighted by atomic mass is 9.69. The van der Waals surface area contributed by atoms with E-state index in [1.54, 1.807) is 0 Å². The second kappa shape index (κ2) is 7.27. The fourth-order valence-electron chi connectivity index (χ4n) is 4.05. The summed E-state index contributed by atoms with van der Waals surface area (Å²) < 4.78 is 0.951. The topological polar surface area (TPSA) is 56.0 Å². The SMILES string of the molecule is CCC(C)(C)C1CCc2nc3sc(C(=O)c4ccc(Br)cc4)c(N)c3cc2C1. The molecule has 2 heterocycles. The van der Waals surface area contributed by atoms with Gasteiger partial charge in [-0.15, -0.1) is 11.3 Å². The normalized spacial score (nSPS) is 16.9. The van der Waals surface area contributed by atoms with E-state index in [4.69, 9.17) is 10.7 Å². The Balaban J connectivity index is 1.73.